The van der Waals surface area contributed by atoms with Crippen molar-refractivity contribution in [2.45, 2.75) is 19.9 Å². The molecular weight excluding hydrogens is 394 g/mol. The van der Waals surface area contributed by atoms with Crippen LogP contribution in [0.15, 0.2) is 77.7 Å². The van der Waals surface area contributed by atoms with Crippen molar-refractivity contribution in [2.75, 3.05) is 5.32 Å². The van der Waals surface area contributed by atoms with Crippen LogP contribution in [0.2, 0.25) is 0 Å². The summed E-state index contributed by atoms with van der Waals surface area (Å²) in [4.78, 5) is 28.9. The zero-order chi connectivity index (χ0) is 22.0. The molecule has 0 fully saturated rings. The molecule has 0 radical (unpaired) electrons. The number of ether oxygens (including phenoxy) is 1. The zero-order valence-corrected chi connectivity index (χ0v) is 17.1. The molecule has 0 spiro atoms. The van der Waals surface area contributed by atoms with Crippen LogP contribution in [0, 0.1) is 6.92 Å². The fourth-order valence-corrected chi connectivity index (χ4v) is 3.44. The number of benzene rings is 2. The van der Waals surface area contributed by atoms with Gasteiger partial charge in [-0.05, 0) is 49.7 Å². The highest BCUT2D eigenvalue weighted by molar-refractivity contribution is 5.94. The molecule has 4 aromatic rings. The third-order valence-electron chi connectivity index (χ3n) is 4.86. The Bertz CT molecular complexity index is 1320. The van der Waals surface area contributed by atoms with E-state index in [0.717, 1.165) is 11.1 Å². The van der Waals surface area contributed by atoms with Gasteiger partial charge in [0.25, 0.3) is 5.56 Å². The summed E-state index contributed by atoms with van der Waals surface area (Å²) in [6.45, 7) is 3.78. The van der Waals surface area contributed by atoms with Crippen molar-refractivity contribution in [3.8, 4) is 11.6 Å². The number of nitrogens with one attached hydrogen (secondary N) is 1. The molecule has 7 nitrogen and oxygen atoms in total. The monoisotopic (exact) mass is 415 g/mol. The summed E-state index contributed by atoms with van der Waals surface area (Å²) < 4.78 is 7.25. The molecule has 4 rings (SSSR count). The topological polar surface area (TPSA) is 92.9 Å². The van der Waals surface area contributed by atoms with Crippen molar-refractivity contribution in [3.63, 3.8) is 0 Å². The minimum absolute atomic E-state index is 0.171. The summed E-state index contributed by atoms with van der Waals surface area (Å²) in [5.74, 6) is -0.245. The van der Waals surface area contributed by atoms with Crippen molar-refractivity contribution in [1.82, 2.24) is 9.38 Å². The van der Waals surface area contributed by atoms with Crippen LogP contribution in [0.5, 0.6) is 11.6 Å². The molecule has 0 amide bonds. The summed E-state index contributed by atoms with van der Waals surface area (Å²) >= 11 is 0. The number of fused-ring (bicyclic) bond motifs is 1. The molecule has 156 valence electrons. The lowest BCUT2D eigenvalue weighted by atomic mass is 10.1. The van der Waals surface area contributed by atoms with E-state index in [2.05, 4.69) is 10.3 Å². The number of hydrogen-bond acceptors (Lipinski definition) is 5. The third kappa shape index (κ3) is 4.25. The van der Waals surface area contributed by atoms with Gasteiger partial charge < -0.3 is 15.2 Å². The summed E-state index contributed by atoms with van der Waals surface area (Å²) in [6, 6.07) is 18.8. The van der Waals surface area contributed by atoms with Crippen molar-refractivity contribution in [1.29, 1.82) is 0 Å². The molecule has 0 aliphatic heterocycles. The predicted molar refractivity (Wildman–Crippen MR) is 118 cm³/mol. The molecule has 2 N–H and O–H groups in total. The van der Waals surface area contributed by atoms with Crippen LogP contribution in [0.4, 0.5) is 5.69 Å². The number of rotatable bonds is 6. The van der Waals surface area contributed by atoms with Gasteiger partial charge in [-0.15, -0.1) is 0 Å². The van der Waals surface area contributed by atoms with Gasteiger partial charge in [0.2, 0.25) is 5.88 Å². The number of anilines is 1. The maximum Gasteiger partial charge on any atom is 0.337 e. The van der Waals surface area contributed by atoms with E-state index in [1.165, 1.54) is 10.5 Å². The SMILES string of the molecule is Cc1cc(C(C)Nc2ccccc2C(=O)O)c2nc(Oc3ccccc3)cc(=O)n2c1. The molecule has 0 bridgehead atoms. The molecule has 2 heterocycles. The van der Waals surface area contributed by atoms with Gasteiger partial charge in [-0.25, -0.2) is 4.79 Å². The second-order valence-electron chi connectivity index (χ2n) is 7.23. The number of aryl methyl sites for hydroxylation is 1. The Balaban J connectivity index is 1.78. The van der Waals surface area contributed by atoms with Crippen LogP contribution in [-0.2, 0) is 0 Å². The van der Waals surface area contributed by atoms with Crippen molar-refractivity contribution in [3.05, 3.63) is 100.0 Å². The van der Waals surface area contributed by atoms with Gasteiger partial charge in [0.1, 0.15) is 11.4 Å². The van der Waals surface area contributed by atoms with E-state index in [1.54, 1.807) is 42.6 Å². The first kappa shape index (κ1) is 20.2. The average molecular weight is 415 g/mol. The first-order valence-corrected chi connectivity index (χ1v) is 9.78. The van der Waals surface area contributed by atoms with E-state index in [4.69, 9.17) is 4.74 Å². The lowest BCUT2D eigenvalue weighted by Gasteiger charge is -2.19. The average Bonchev–Trinajstić information content (AvgIpc) is 2.75. The fraction of sp³-hybridized carbons (Fsp3) is 0.125. The number of para-hydroxylation sites is 2. The van der Waals surface area contributed by atoms with Crippen LogP contribution >= 0.6 is 0 Å². The number of carbonyl (C=O) groups is 1. The van der Waals surface area contributed by atoms with Gasteiger partial charge in [0.05, 0.1) is 17.7 Å². The normalized spacial score (nSPS) is 11.8. The molecule has 0 saturated carbocycles. The molecule has 1 atom stereocenters. The molecule has 7 heteroatoms. The number of pyridine rings is 1. The number of nitrogens with zero attached hydrogens (tertiary/aromatic N) is 2. The van der Waals surface area contributed by atoms with Gasteiger partial charge in [0.15, 0.2) is 0 Å². The number of hydrogen-bond donors (Lipinski definition) is 2. The van der Waals surface area contributed by atoms with Crippen molar-refractivity contribution < 1.29 is 14.6 Å². The second kappa shape index (κ2) is 8.31. The lowest BCUT2D eigenvalue weighted by Crippen LogP contribution is -2.19. The minimum Gasteiger partial charge on any atom is -0.478 e. The maximum atomic E-state index is 12.8. The minimum atomic E-state index is -1.02. The molecule has 31 heavy (non-hydrogen) atoms. The molecule has 1 unspecified atom stereocenters. The largest absolute Gasteiger partial charge is 0.478 e. The van der Waals surface area contributed by atoms with E-state index >= 15 is 0 Å². The Morgan fingerprint density at radius 2 is 1.81 bits per heavy atom. The number of carboxylic acid groups (broad SMARTS) is 1. The summed E-state index contributed by atoms with van der Waals surface area (Å²) in [6.07, 6.45) is 1.72. The van der Waals surface area contributed by atoms with Gasteiger partial charge in [-0.1, -0.05) is 30.3 Å². The molecule has 0 aliphatic carbocycles. The Morgan fingerprint density at radius 3 is 2.55 bits per heavy atom. The lowest BCUT2D eigenvalue weighted by molar-refractivity contribution is 0.0698. The van der Waals surface area contributed by atoms with Gasteiger partial charge in [-0.3, -0.25) is 9.20 Å². The van der Waals surface area contributed by atoms with Gasteiger partial charge in [0, 0.05) is 17.4 Å². The fourth-order valence-electron chi connectivity index (χ4n) is 3.44. The quantitative estimate of drug-likeness (QED) is 0.476. The Hall–Kier alpha value is -4.13. The predicted octanol–water partition coefficient (Wildman–Crippen LogP) is 4.67. The molecule has 2 aromatic carbocycles. The number of aromatic nitrogens is 2. The first-order valence-electron chi connectivity index (χ1n) is 9.78. The van der Waals surface area contributed by atoms with Crippen molar-refractivity contribution in [2.24, 2.45) is 0 Å². The van der Waals surface area contributed by atoms with E-state index in [9.17, 15) is 14.7 Å². The summed E-state index contributed by atoms with van der Waals surface area (Å²) in [5.41, 5.74) is 2.46. The molecule has 0 saturated heterocycles. The standard InChI is InChI=1S/C24H21N3O4/c1-15-12-19(16(2)25-20-11-7-6-10-18(20)24(29)30)23-26-21(13-22(28)27(23)14-15)31-17-8-4-3-5-9-17/h3-14,16,25H,1-2H3,(H,29,30). The van der Waals surface area contributed by atoms with E-state index in [0.29, 0.717) is 17.1 Å². The van der Waals surface area contributed by atoms with Crippen LogP contribution in [0.1, 0.15) is 34.5 Å². The highest BCUT2D eigenvalue weighted by atomic mass is 16.5. The molecule has 0 aliphatic rings. The number of aromatic carboxylic acids is 1. The third-order valence-corrected chi connectivity index (χ3v) is 4.86. The molecule has 2 aromatic heterocycles. The Kier molecular flexibility index (Phi) is 5.41. The zero-order valence-electron chi connectivity index (χ0n) is 17.1. The smallest absolute Gasteiger partial charge is 0.337 e. The van der Waals surface area contributed by atoms with E-state index in [-0.39, 0.29) is 23.0 Å². The van der Waals surface area contributed by atoms with E-state index in [1.807, 2.05) is 38.1 Å². The Morgan fingerprint density at radius 1 is 1.10 bits per heavy atom. The van der Waals surface area contributed by atoms with Crippen LogP contribution in [-0.4, -0.2) is 20.5 Å². The first-order chi connectivity index (χ1) is 14.9. The van der Waals surface area contributed by atoms with Crippen molar-refractivity contribution >= 4 is 17.3 Å². The Labute approximate surface area is 178 Å². The maximum absolute atomic E-state index is 12.8. The highest BCUT2D eigenvalue weighted by Crippen LogP contribution is 2.27. The number of carboxylic acids is 1. The molecular formula is C24H21N3O4. The van der Waals surface area contributed by atoms with E-state index < -0.39 is 5.97 Å². The van der Waals surface area contributed by atoms with Crippen LogP contribution in [0.25, 0.3) is 5.65 Å². The van der Waals surface area contributed by atoms with Gasteiger partial charge >= 0.3 is 5.97 Å². The summed E-state index contributed by atoms with van der Waals surface area (Å²) in [7, 11) is 0. The second-order valence-corrected chi connectivity index (χ2v) is 7.23. The summed E-state index contributed by atoms with van der Waals surface area (Å²) in [5, 5.41) is 12.7. The van der Waals surface area contributed by atoms with Crippen LogP contribution in [0.3, 0.4) is 0 Å². The van der Waals surface area contributed by atoms with Crippen LogP contribution < -0.4 is 15.6 Å². The van der Waals surface area contributed by atoms with Gasteiger partial charge in [-0.2, -0.15) is 4.98 Å². The highest BCUT2D eigenvalue weighted by Gasteiger charge is 2.17.